The molecule has 0 saturated heterocycles. The Bertz CT molecular complexity index is 184. The van der Waals surface area contributed by atoms with Crippen molar-refractivity contribution >= 4 is 5.97 Å². The summed E-state index contributed by atoms with van der Waals surface area (Å²) in [7, 11) is 0. The molecule has 0 aromatic carbocycles. The van der Waals surface area contributed by atoms with Crippen LogP contribution in [-0.4, -0.2) is 24.2 Å². The van der Waals surface area contributed by atoms with Gasteiger partial charge in [0.05, 0.1) is 5.92 Å². The molecule has 0 amide bonds. The molecule has 0 aromatic rings. The van der Waals surface area contributed by atoms with Crippen LogP contribution in [0.4, 0.5) is 0 Å². The van der Waals surface area contributed by atoms with E-state index in [1.807, 2.05) is 0 Å². The fraction of sp³-hybridized carbons (Fsp3) is 0.929. The molecule has 0 spiro atoms. The first kappa shape index (κ1) is 17.4. The normalized spacial score (nSPS) is 11.1. The molecule has 0 radical (unpaired) electrons. The molecule has 4 nitrogen and oxygen atoms in total. The zero-order chi connectivity index (χ0) is 13.6. The molecule has 0 rings (SSSR count). The fourth-order valence-corrected chi connectivity index (χ4v) is 2.17. The molecule has 4 heteroatoms. The Morgan fingerprint density at radius 2 is 1.17 bits per heavy atom. The lowest BCUT2D eigenvalue weighted by Crippen LogP contribution is -2.13. The number of carbonyl (C=O) groups is 1. The van der Waals surface area contributed by atoms with Gasteiger partial charge in [0.1, 0.15) is 0 Å². The van der Waals surface area contributed by atoms with Crippen LogP contribution in [0.25, 0.3) is 0 Å². The highest BCUT2D eigenvalue weighted by Crippen LogP contribution is 2.18. The Hall–Kier alpha value is -0.610. The number of aliphatic carboxylic acids is 1. The van der Waals surface area contributed by atoms with Gasteiger partial charge in [0, 0.05) is 0 Å². The van der Waals surface area contributed by atoms with Crippen molar-refractivity contribution < 1.29 is 9.90 Å². The molecule has 0 aliphatic carbocycles. The van der Waals surface area contributed by atoms with E-state index in [-0.39, 0.29) is 5.92 Å². The van der Waals surface area contributed by atoms with Crippen LogP contribution in [0.1, 0.15) is 64.2 Å². The van der Waals surface area contributed by atoms with E-state index in [1.54, 1.807) is 0 Å². The van der Waals surface area contributed by atoms with Crippen LogP contribution in [0.3, 0.4) is 0 Å². The number of unbranched alkanes of at least 4 members (excludes halogenated alkanes) is 6. The summed E-state index contributed by atoms with van der Waals surface area (Å²) in [6.45, 7) is 1.48. The van der Waals surface area contributed by atoms with Crippen molar-refractivity contribution in [2.75, 3.05) is 13.1 Å². The van der Waals surface area contributed by atoms with Crippen LogP contribution in [0.15, 0.2) is 0 Å². The second kappa shape index (κ2) is 12.8. The molecule has 0 fully saturated rings. The molecule has 0 aliphatic heterocycles. The molecule has 0 saturated carbocycles. The van der Waals surface area contributed by atoms with Crippen molar-refractivity contribution in [3.05, 3.63) is 0 Å². The Labute approximate surface area is 111 Å². The molecule has 0 aromatic heterocycles. The summed E-state index contributed by atoms with van der Waals surface area (Å²) >= 11 is 0. The highest BCUT2D eigenvalue weighted by Gasteiger charge is 2.15. The molecule has 5 N–H and O–H groups in total. The van der Waals surface area contributed by atoms with Gasteiger partial charge < -0.3 is 16.6 Å². The van der Waals surface area contributed by atoms with Gasteiger partial charge in [0.15, 0.2) is 0 Å². The maximum Gasteiger partial charge on any atom is 0.306 e. The molecule has 0 aliphatic rings. The molecule has 18 heavy (non-hydrogen) atoms. The van der Waals surface area contributed by atoms with Gasteiger partial charge in [-0.2, -0.15) is 0 Å². The standard InChI is InChI=1S/C14H30N2O2/c15-11-7-3-1-5-9-13(14(17)18)10-6-2-4-8-12-16/h13H,1-12,15-16H2,(H,17,18). The van der Waals surface area contributed by atoms with Crippen molar-refractivity contribution in [3.63, 3.8) is 0 Å². The van der Waals surface area contributed by atoms with Crippen molar-refractivity contribution in [2.24, 2.45) is 17.4 Å². The SMILES string of the molecule is NCCCCCCC(CCCCCCN)C(=O)O. The summed E-state index contributed by atoms with van der Waals surface area (Å²) in [5.41, 5.74) is 10.8. The minimum atomic E-state index is -0.632. The smallest absolute Gasteiger partial charge is 0.306 e. The van der Waals surface area contributed by atoms with Crippen LogP contribution < -0.4 is 11.5 Å². The van der Waals surface area contributed by atoms with Gasteiger partial charge in [-0.05, 0) is 38.8 Å². The van der Waals surface area contributed by atoms with Crippen molar-refractivity contribution in [1.29, 1.82) is 0 Å². The van der Waals surface area contributed by atoms with Crippen LogP contribution >= 0.6 is 0 Å². The molecule has 0 unspecified atom stereocenters. The maximum absolute atomic E-state index is 11.1. The monoisotopic (exact) mass is 258 g/mol. The van der Waals surface area contributed by atoms with Crippen LogP contribution in [0.2, 0.25) is 0 Å². The summed E-state index contributed by atoms with van der Waals surface area (Å²) in [5, 5.41) is 9.14. The van der Waals surface area contributed by atoms with Crippen LogP contribution in [-0.2, 0) is 4.79 Å². The summed E-state index contributed by atoms with van der Waals surface area (Å²) in [6, 6.07) is 0. The lowest BCUT2D eigenvalue weighted by Gasteiger charge is -2.11. The van der Waals surface area contributed by atoms with Crippen LogP contribution in [0, 0.1) is 5.92 Å². The van der Waals surface area contributed by atoms with E-state index in [2.05, 4.69) is 0 Å². The first-order valence-corrected chi connectivity index (χ1v) is 7.35. The second-order valence-electron chi connectivity index (χ2n) is 5.02. The van der Waals surface area contributed by atoms with E-state index in [9.17, 15) is 4.79 Å². The second-order valence-corrected chi connectivity index (χ2v) is 5.02. The van der Waals surface area contributed by atoms with Crippen molar-refractivity contribution in [1.82, 2.24) is 0 Å². The summed E-state index contributed by atoms with van der Waals surface area (Å²) in [4.78, 5) is 11.1. The fourth-order valence-electron chi connectivity index (χ4n) is 2.17. The third-order valence-electron chi connectivity index (χ3n) is 3.36. The van der Waals surface area contributed by atoms with Gasteiger partial charge >= 0.3 is 5.97 Å². The molecule has 0 heterocycles. The molecule has 0 atom stereocenters. The maximum atomic E-state index is 11.1. The van der Waals surface area contributed by atoms with Gasteiger partial charge in [-0.25, -0.2) is 0 Å². The quantitative estimate of drug-likeness (QED) is 0.443. The van der Waals surface area contributed by atoms with Crippen LogP contribution in [0.5, 0.6) is 0 Å². The van der Waals surface area contributed by atoms with Gasteiger partial charge in [-0.15, -0.1) is 0 Å². The Kier molecular flexibility index (Phi) is 12.4. The number of nitrogens with two attached hydrogens (primary N) is 2. The third kappa shape index (κ3) is 10.5. The summed E-state index contributed by atoms with van der Waals surface area (Å²) in [6.07, 6.45) is 10.2. The van der Waals surface area contributed by atoms with Gasteiger partial charge in [0.25, 0.3) is 0 Å². The van der Waals surface area contributed by atoms with Gasteiger partial charge in [0.2, 0.25) is 0 Å². The number of hydrogen-bond acceptors (Lipinski definition) is 3. The predicted molar refractivity (Wildman–Crippen MR) is 75.4 cm³/mol. The van der Waals surface area contributed by atoms with E-state index in [1.165, 1.54) is 0 Å². The zero-order valence-corrected chi connectivity index (χ0v) is 11.6. The number of hydrogen-bond donors (Lipinski definition) is 3. The van der Waals surface area contributed by atoms with E-state index in [4.69, 9.17) is 16.6 Å². The number of carboxylic acid groups (broad SMARTS) is 1. The Balaban J connectivity index is 3.56. The van der Waals surface area contributed by atoms with Crippen molar-refractivity contribution in [3.8, 4) is 0 Å². The topological polar surface area (TPSA) is 89.3 Å². The zero-order valence-electron chi connectivity index (χ0n) is 11.6. The first-order valence-electron chi connectivity index (χ1n) is 7.35. The number of carboxylic acids is 1. The Morgan fingerprint density at radius 3 is 1.50 bits per heavy atom. The Morgan fingerprint density at radius 1 is 0.778 bits per heavy atom. The van der Waals surface area contributed by atoms with E-state index < -0.39 is 5.97 Å². The van der Waals surface area contributed by atoms with E-state index >= 15 is 0 Å². The van der Waals surface area contributed by atoms with E-state index in [0.717, 1.165) is 77.3 Å². The first-order chi connectivity index (χ1) is 8.72. The highest BCUT2D eigenvalue weighted by atomic mass is 16.4. The molecular formula is C14H30N2O2. The van der Waals surface area contributed by atoms with Gasteiger partial charge in [-0.1, -0.05) is 38.5 Å². The average Bonchev–Trinajstić information content (AvgIpc) is 2.35. The molecule has 108 valence electrons. The largest absolute Gasteiger partial charge is 0.481 e. The van der Waals surface area contributed by atoms with Crippen molar-refractivity contribution in [2.45, 2.75) is 64.2 Å². The molecule has 0 bridgehead atoms. The average molecular weight is 258 g/mol. The lowest BCUT2D eigenvalue weighted by atomic mass is 9.94. The lowest BCUT2D eigenvalue weighted by molar-refractivity contribution is -0.142. The summed E-state index contributed by atoms with van der Waals surface area (Å²) in [5.74, 6) is -0.784. The third-order valence-corrected chi connectivity index (χ3v) is 3.36. The minimum Gasteiger partial charge on any atom is -0.481 e. The van der Waals surface area contributed by atoms with E-state index in [0.29, 0.717) is 0 Å². The minimum absolute atomic E-state index is 0.152. The summed E-state index contributed by atoms with van der Waals surface area (Å²) < 4.78 is 0. The molecular weight excluding hydrogens is 228 g/mol. The number of rotatable bonds is 13. The van der Waals surface area contributed by atoms with Gasteiger partial charge in [-0.3, -0.25) is 4.79 Å². The predicted octanol–water partition coefficient (Wildman–Crippen LogP) is 2.51. The highest BCUT2D eigenvalue weighted by molar-refractivity contribution is 5.69.